The van der Waals surface area contributed by atoms with E-state index in [1.54, 1.807) is 0 Å². The van der Waals surface area contributed by atoms with Crippen LogP contribution in [0.3, 0.4) is 0 Å². The molecule has 0 heterocycles. The number of phosphoric acid groups is 2. The van der Waals surface area contributed by atoms with Gasteiger partial charge in [-0.15, -0.1) is 0 Å². The summed E-state index contributed by atoms with van der Waals surface area (Å²) in [5, 5.41) is 10.6. The average molecular weight is 1330 g/mol. The van der Waals surface area contributed by atoms with E-state index in [0.29, 0.717) is 31.6 Å². The van der Waals surface area contributed by atoms with Crippen LogP contribution in [0.4, 0.5) is 0 Å². The molecule has 19 heteroatoms. The lowest BCUT2D eigenvalue weighted by Crippen LogP contribution is -2.30. The van der Waals surface area contributed by atoms with Crippen molar-refractivity contribution in [2.24, 2.45) is 17.8 Å². The Balaban J connectivity index is 5.15. The highest BCUT2D eigenvalue weighted by molar-refractivity contribution is 7.47. The molecule has 0 aromatic rings. The maximum atomic E-state index is 13.0. The van der Waals surface area contributed by atoms with E-state index < -0.39 is 97.5 Å². The fourth-order valence-electron chi connectivity index (χ4n) is 10.7. The highest BCUT2D eigenvalue weighted by Gasteiger charge is 2.30. The zero-order chi connectivity index (χ0) is 66.6. The van der Waals surface area contributed by atoms with E-state index in [1.165, 1.54) is 161 Å². The summed E-state index contributed by atoms with van der Waals surface area (Å²) >= 11 is 0. The minimum Gasteiger partial charge on any atom is -0.462 e. The van der Waals surface area contributed by atoms with Crippen molar-refractivity contribution in [2.75, 3.05) is 39.6 Å². The number of carbonyl (C=O) groups excluding carboxylic acids is 4. The van der Waals surface area contributed by atoms with Gasteiger partial charge in [-0.25, -0.2) is 9.13 Å². The summed E-state index contributed by atoms with van der Waals surface area (Å²) < 4.78 is 68.1. The Kier molecular flexibility index (Phi) is 60.6. The van der Waals surface area contributed by atoms with E-state index in [9.17, 15) is 43.2 Å². The van der Waals surface area contributed by atoms with Crippen molar-refractivity contribution in [1.82, 2.24) is 0 Å². The standard InChI is InChI=1S/C71H138O17P2/c1-8-10-11-35-45-52-68(73)81-58-66(87-71(76)55-48-41-34-28-30-37-43-50-63(5)6)60-85-89(77,78)83-56-65(72)57-84-90(79,80)86-61-67(59-82-69(74)53-46-39-32-26-22-18-14-12-16-20-24-29-36-42-49-62(3)4)88-70(75)54-47-40-33-27-23-19-15-13-17-21-25-31-38-44-51-64(7)9-2/h62-67,72H,8-61H2,1-7H3,(H,77,78)(H,79,80)/t64?,65-,66+,67+/m0/s1. The Bertz CT molecular complexity index is 1770. The maximum Gasteiger partial charge on any atom is 0.472 e. The third-order valence-corrected chi connectivity index (χ3v) is 18.6. The van der Waals surface area contributed by atoms with Gasteiger partial charge in [-0.2, -0.15) is 0 Å². The van der Waals surface area contributed by atoms with E-state index in [2.05, 4.69) is 48.5 Å². The van der Waals surface area contributed by atoms with Gasteiger partial charge in [0.15, 0.2) is 12.2 Å². The van der Waals surface area contributed by atoms with Crippen LogP contribution in [0.25, 0.3) is 0 Å². The van der Waals surface area contributed by atoms with Crippen LogP contribution in [0, 0.1) is 17.8 Å². The summed E-state index contributed by atoms with van der Waals surface area (Å²) in [4.78, 5) is 72.3. The van der Waals surface area contributed by atoms with Crippen LogP contribution in [0.15, 0.2) is 0 Å². The molecule has 0 spiro atoms. The normalized spacial score (nSPS) is 14.5. The first-order chi connectivity index (χ1) is 43.3. The first-order valence-corrected chi connectivity index (χ1v) is 39.9. The van der Waals surface area contributed by atoms with Gasteiger partial charge >= 0.3 is 39.5 Å². The fraction of sp³-hybridized carbons (Fsp3) is 0.944. The SMILES string of the molecule is CCCCCCCC(=O)OC[C@H](COP(=O)(O)OC[C@H](O)COP(=O)(O)OC[C@@H](COC(=O)CCCCCCCCCCCCCCCCC(C)C)OC(=O)CCCCCCCCCCCCCCCCC(C)CC)OC(=O)CCCCCCCCCC(C)C. The Labute approximate surface area is 549 Å². The fourth-order valence-corrected chi connectivity index (χ4v) is 12.3. The molecule has 0 aliphatic carbocycles. The lowest BCUT2D eigenvalue weighted by molar-refractivity contribution is -0.161. The monoisotopic (exact) mass is 1320 g/mol. The van der Waals surface area contributed by atoms with E-state index in [0.717, 1.165) is 108 Å². The summed E-state index contributed by atoms with van der Waals surface area (Å²) in [7, 11) is -9.89. The number of unbranched alkanes of at least 4 members (excludes halogenated alkanes) is 36. The molecule has 3 N–H and O–H groups in total. The minimum absolute atomic E-state index is 0.102. The van der Waals surface area contributed by atoms with E-state index in [4.69, 9.17) is 37.0 Å². The highest BCUT2D eigenvalue weighted by Crippen LogP contribution is 2.45. The molecule has 0 aliphatic heterocycles. The van der Waals surface area contributed by atoms with Gasteiger partial charge in [-0.1, -0.05) is 305 Å². The van der Waals surface area contributed by atoms with Gasteiger partial charge < -0.3 is 33.8 Å². The van der Waals surface area contributed by atoms with Gasteiger partial charge in [0.1, 0.15) is 19.3 Å². The first kappa shape index (κ1) is 88.1. The van der Waals surface area contributed by atoms with Crippen LogP contribution in [0.1, 0.15) is 357 Å². The Morgan fingerprint density at radius 1 is 0.322 bits per heavy atom. The van der Waals surface area contributed by atoms with Crippen molar-refractivity contribution in [3.63, 3.8) is 0 Å². The Morgan fingerprint density at radius 2 is 0.567 bits per heavy atom. The molecule has 0 aliphatic rings. The van der Waals surface area contributed by atoms with Crippen LogP contribution >= 0.6 is 15.6 Å². The number of aliphatic hydroxyl groups is 1. The lowest BCUT2D eigenvalue weighted by Gasteiger charge is -2.21. The molecule has 0 saturated heterocycles. The van der Waals surface area contributed by atoms with E-state index in [-0.39, 0.29) is 25.7 Å². The van der Waals surface area contributed by atoms with Gasteiger partial charge in [0.2, 0.25) is 0 Å². The number of rotatable bonds is 69. The number of hydrogen-bond donors (Lipinski definition) is 3. The molecule has 0 fully saturated rings. The van der Waals surface area contributed by atoms with E-state index >= 15 is 0 Å². The molecule has 90 heavy (non-hydrogen) atoms. The van der Waals surface area contributed by atoms with Gasteiger partial charge in [0.05, 0.1) is 26.4 Å². The summed E-state index contributed by atoms with van der Waals surface area (Å²) in [6.45, 7) is 11.8. The van der Waals surface area contributed by atoms with Crippen molar-refractivity contribution in [3.05, 3.63) is 0 Å². The van der Waals surface area contributed by atoms with Gasteiger partial charge in [-0.05, 0) is 43.4 Å². The molecule has 0 rings (SSSR count). The Morgan fingerprint density at radius 3 is 0.844 bits per heavy atom. The zero-order valence-corrected chi connectivity index (χ0v) is 60.4. The number of carbonyl (C=O) groups is 4. The highest BCUT2D eigenvalue weighted by atomic mass is 31.2. The van der Waals surface area contributed by atoms with Crippen molar-refractivity contribution >= 4 is 39.5 Å². The first-order valence-electron chi connectivity index (χ1n) is 36.9. The second kappa shape index (κ2) is 61.9. The summed E-state index contributed by atoms with van der Waals surface area (Å²) in [5.41, 5.74) is 0. The predicted molar refractivity (Wildman–Crippen MR) is 363 cm³/mol. The summed E-state index contributed by atoms with van der Waals surface area (Å²) in [5.74, 6) is 0.203. The van der Waals surface area contributed by atoms with Crippen molar-refractivity contribution < 1.29 is 80.2 Å². The van der Waals surface area contributed by atoms with Crippen molar-refractivity contribution in [3.8, 4) is 0 Å². The molecule has 17 nitrogen and oxygen atoms in total. The van der Waals surface area contributed by atoms with Crippen LogP contribution in [0.2, 0.25) is 0 Å². The molecule has 0 aromatic carbocycles. The molecule has 0 radical (unpaired) electrons. The molecule has 3 unspecified atom stereocenters. The van der Waals surface area contributed by atoms with Crippen LogP contribution in [-0.2, 0) is 65.4 Å². The zero-order valence-electron chi connectivity index (χ0n) is 58.6. The maximum absolute atomic E-state index is 13.0. The van der Waals surface area contributed by atoms with Crippen molar-refractivity contribution in [1.29, 1.82) is 0 Å². The molecule has 0 aromatic heterocycles. The smallest absolute Gasteiger partial charge is 0.462 e. The second-order valence-electron chi connectivity index (χ2n) is 26.8. The summed E-state index contributed by atoms with van der Waals surface area (Å²) in [6.07, 6.45) is 46.3. The van der Waals surface area contributed by atoms with Crippen LogP contribution < -0.4 is 0 Å². The minimum atomic E-state index is -4.95. The second-order valence-corrected chi connectivity index (χ2v) is 29.7. The number of ether oxygens (including phenoxy) is 4. The van der Waals surface area contributed by atoms with Gasteiger partial charge in [0, 0.05) is 25.7 Å². The summed E-state index contributed by atoms with van der Waals surface area (Å²) in [6, 6.07) is 0. The average Bonchev–Trinajstić information content (AvgIpc) is 3.03. The number of aliphatic hydroxyl groups excluding tert-OH is 1. The largest absolute Gasteiger partial charge is 0.472 e. The molecule has 534 valence electrons. The molecule has 0 saturated carbocycles. The van der Waals surface area contributed by atoms with Gasteiger partial charge in [-0.3, -0.25) is 37.3 Å². The third-order valence-electron chi connectivity index (χ3n) is 16.7. The van der Waals surface area contributed by atoms with E-state index in [1.807, 2.05) is 0 Å². The molecule has 0 bridgehead atoms. The molecular weight excluding hydrogens is 1190 g/mol. The number of hydrogen-bond acceptors (Lipinski definition) is 15. The quantitative estimate of drug-likeness (QED) is 0.0222. The third kappa shape index (κ3) is 63.5. The van der Waals surface area contributed by atoms with Gasteiger partial charge in [0.25, 0.3) is 0 Å². The molecule has 0 amide bonds. The van der Waals surface area contributed by atoms with Crippen LogP contribution in [0.5, 0.6) is 0 Å². The number of esters is 4. The van der Waals surface area contributed by atoms with Crippen molar-refractivity contribution in [2.45, 2.75) is 375 Å². The molecule has 6 atom stereocenters. The number of phosphoric ester groups is 2. The lowest BCUT2D eigenvalue weighted by atomic mass is 9.99. The van der Waals surface area contributed by atoms with Crippen LogP contribution in [-0.4, -0.2) is 96.7 Å². The predicted octanol–water partition coefficient (Wildman–Crippen LogP) is 20.2. The topological polar surface area (TPSA) is 237 Å². The Hall–Kier alpha value is -1.94. The molecular formula is C71H138O17P2.